The number of benzene rings is 2. The molecule has 0 spiro atoms. The Balaban J connectivity index is 1.53. The molecule has 0 aliphatic heterocycles. The highest BCUT2D eigenvalue weighted by molar-refractivity contribution is 7.07. The minimum atomic E-state index is -0.0567. The van der Waals surface area contributed by atoms with Crippen LogP contribution >= 0.6 is 11.5 Å². The predicted octanol–water partition coefficient (Wildman–Crippen LogP) is 4.84. The van der Waals surface area contributed by atoms with E-state index in [1.807, 2.05) is 30.3 Å². The maximum Gasteiger partial charge on any atom is 0.298 e. The van der Waals surface area contributed by atoms with E-state index in [2.05, 4.69) is 21.6 Å². The number of unbranched alkanes of at least 4 members (excludes halogenated alkanes) is 2. The van der Waals surface area contributed by atoms with E-state index < -0.39 is 0 Å². The van der Waals surface area contributed by atoms with E-state index in [1.54, 1.807) is 24.3 Å². The number of nitrogens with one attached hydrogen (secondary N) is 1. The van der Waals surface area contributed by atoms with Crippen LogP contribution in [-0.4, -0.2) is 21.8 Å². The minimum absolute atomic E-state index is 0.0567. The normalized spacial score (nSPS) is 10.6. The van der Waals surface area contributed by atoms with Gasteiger partial charge in [-0.2, -0.15) is 9.36 Å². The Morgan fingerprint density at radius 3 is 2.59 bits per heavy atom. The van der Waals surface area contributed by atoms with Gasteiger partial charge in [0.25, 0.3) is 11.1 Å². The summed E-state index contributed by atoms with van der Waals surface area (Å²) in [7, 11) is 0. The Hall–Kier alpha value is -2.73. The fourth-order valence-electron chi connectivity index (χ4n) is 2.58. The van der Waals surface area contributed by atoms with Crippen LogP contribution in [0.1, 0.15) is 47.9 Å². The molecule has 0 unspecified atom stereocenters. The number of hydrogen-bond donors (Lipinski definition) is 1. The lowest BCUT2D eigenvalue weighted by molar-refractivity contribution is 0.0953. The topological polar surface area (TPSA) is 64.1 Å². The number of carbonyl (C=O) groups excluding carboxylic acids is 1. The molecule has 2 aromatic carbocycles. The zero-order valence-electron chi connectivity index (χ0n) is 15.4. The number of hydrogen-bond acceptors (Lipinski definition) is 5. The summed E-state index contributed by atoms with van der Waals surface area (Å²) < 4.78 is 10.1. The summed E-state index contributed by atoms with van der Waals surface area (Å²) in [4.78, 5) is 16.5. The lowest BCUT2D eigenvalue weighted by atomic mass is 10.1. The lowest BCUT2D eigenvalue weighted by Crippen LogP contribution is -2.24. The van der Waals surface area contributed by atoms with Crippen LogP contribution in [0.2, 0.25) is 0 Å². The molecule has 0 saturated heterocycles. The van der Waals surface area contributed by atoms with Crippen molar-refractivity contribution in [2.75, 3.05) is 6.54 Å². The summed E-state index contributed by atoms with van der Waals surface area (Å²) in [6, 6.07) is 17.2. The van der Waals surface area contributed by atoms with Gasteiger partial charge in [-0.3, -0.25) is 4.79 Å². The number of carbonyl (C=O) groups is 1. The number of nitrogens with zero attached hydrogens (tertiary/aromatic N) is 2. The van der Waals surface area contributed by atoms with Crippen LogP contribution in [0.25, 0.3) is 0 Å². The highest BCUT2D eigenvalue weighted by Crippen LogP contribution is 2.24. The van der Waals surface area contributed by atoms with Gasteiger partial charge in [0.05, 0.1) is 0 Å². The van der Waals surface area contributed by atoms with Gasteiger partial charge < -0.3 is 10.1 Å². The first-order valence-electron chi connectivity index (χ1n) is 9.17. The van der Waals surface area contributed by atoms with Gasteiger partial charge in [0.2, 0.25) is 0 Å². The zero-order chi connectivity index (χ0) is 18.9. The summed E-state index contributed by atoms with van der Waals surface area (Å²) in [6.45, 7) is 2.85. The molecule has 1 heterocycles. The molecule has 5 nitrogen and oxygen atoms in total. The highest BCUT2D eigenvalue weighted by atomic mass is 32.1. The third kappa shape index (κ3) is 5.89. The van der Waals surface area contributed by atoms with Crippen molar-refractivity contribution in [3.63, 3.8) is 0 Å². The van der Waals surface area contributed by atoms with Gasteiger partial charge in [0, 0.05) is 30.1 Å². The monoisotopic (exact) mass is 381 g/mol. The maximum atomic E-state index is 12.1. The molecule has 3 rings (SSSR count). The molecule has 0 radical (unpaired) electrons. The molecule has 3 aromatic rings. The molecule has 1 aromatic heterocycles. The van der Waals surface area contributed by atoms with Crippen molar-refractivity contribution in [2.24, 2.45) is 0 Å². The van der Waals surface area contributed by atoms with Gasteiger partial charge in [-0.15, -0.1) is 0 Å². The SMILES string of the molecule is CCCCCNC(=O)c1ccc(Oc2nc(Cc3ccccc3)ns2)cc1. The Morgan fingerprint density at radius 2 is 1.85 bits per heavy atom. The first-order chi connectivity index (χ1) is 13.2. The van der Waals surface area contributed by atoms with E-state index >= 15 is 0 Å². The first-order valence-corrected chi connectivity index (χ1v) is 9.94. The largest absolute Gasteiger partial charge is 0.430 e. The molecule has 0 bridgehead atoms. The van der Waals surface area contributed by atoms with E-state index in [-0.39, 0.29) is 5.91 Å². The smallest absolute Gasteiger partial charge is 0.298 e. The second-order valence-electron chi connectivity index (χ2n) is 6.23. The van der Waals surface area contributed by atoms with Crippen molar-refractivity contribution < 1.29 is 9.53 Å². The number of amides is 1. The Morgan fingerprint density at radius 1 is 1.07 bits per heavy atom. The van der Waals surface area contributed by atoms with E-state index in [0.717, 1.165) is 30.7 Å². The average molecular weight is 382 g/mol. The Bertz CT molecular complexity index is 847. The molecule has 6 heteroatoms. The minimum Gasteiger partial charge on any atom is -0.430 e. The van der Waals surface area contributed by atoms with Gasteiger partial charge in [0.15, 0.2) is 5.82 Å². The number of aromatic nitrogens is 2. The fraction of sp³-hybridized carbons (Fsp3) is 0.286. The summed E-state index contributed by atoms with van der Waals surface area (Å²) in [6.07, 6.45) is 3.95. The second-order valence-corrected chi connectivity index (χ2v) is 6.94. The second kappa shape index (κ2) is 9.83. The molecule has 0 atom stereocenters. The third-order valence-corrected chi connectivity index (χ3v) is 4.67. The third-order valence-electron chi connectivity index (χ3n) is 4.04. The highest BCUT2D eigenvalue weighted by Gasteiger charge is 2.09. The van der Waals surface area contributed by atoms with Crippen LogP contribution in [0, 0.1) is 0 Å². The predicted molar refractivity (Wildman–Crippen MR) is 108 cm³/mol. The van der Waals surface area contributed by atoms with Crippen LogP contribution in [0.15, 0.2) is 54.6 Å². The van der Waals surface area contributed by atoms with Crippen LogP contribution in [0.3, 0.4) is 0 Å². The van der Waals surface area contributed by atoms with Crippen molar-refractivity contribution in [1.29, 1.82) is 0 Å². The van der Waals surface area contributed by atoms with E-state index in [0.29, 0.717) is 29.5 Å². The van der Waals surface area contributed by atoms with Crippen molar-refractivity contribution in [2.45, 2.75) is 32.6 Å². The van der Waals surface area contributed by atoms with Crippen molar-refractivity contribution in [3.05, 3.63) is 71.5 Å². The van der Waals surface area contributed by atoms with Crippen molar-refractivity contribution in [3.8, 4) is 10.9 Å². The quantitative estimate of drug-likeness (QED) is 0.539. The molecule has 0 aliphatic rings. The van der Waals surface area contributed by atoms with Crippen molar-refractivity contribution in [1.82, 2.24) is 14.7 Å². The molecule has 0 saturated carbocycles. The van der Waals surface area contributed by atoms with Gasteiger partial charge in [-0.05, 0) is 36.2 Å². The molecule has 0 aliphatic carbocycles. The lowest BCUT2D eigenvalue weighted by Gasteiger charge is -2.06. The summed E-state index contributed by atoms with van der Waals surface area (Å²) in [5.41, 5.74) is 1.79. The van der Waals surface area contributed by atoms with Crippen molar-refractivity contribution >= 4 is 17.4 Å². The maximum absolute atomic E-state index is 12.1. The van der Waals surface area contributed by atoms with Gasteiger partial charge in [-0.1, -0.05) is 50.1 Å². The first kappa shape index (κ1) is 19.0. The van der Waals surface area contributed by atoms with Crippen LogP contribution in [-0.2, 0) is 6.42 Å². The molecule has 1 N–H and O–H groups in total. The fourth-order valence-corrected chi connectivity index (χ4v) is 3.15. The van der Waals surface area contributed by atoms with Gasteiger partial charge in [0.1, 0.15) is 5.75 Å². The Kier molecular flexibility index (Phi) is 6.93. The van der Waals surface area contributed by atoms with Gasteiger partial charge >= 0.3 is 0 Å². The molecule has 0 fully saturated rings. The number of ether oxygens (including phenoxy) is 1. The molecule has 140 valence electrons. The standard InChI is InChI=1S/C21H23N3O2S/c1-2-3-7-14-22-20(25)17-10-12-18(13-11-17)26-21-23-19(24-27-21)15-16-8-5-4-6-9-16/h4-6,8-13H,2-3,7,14-15H2,1H3,(H,22,25). The Labute approximate surface area is 163 Å². The molecule has 27 heavy (non-hydrogen) atoms. The van der Waals surface area contributed by atoms with E-state index in [4.69, 9.17) is 4.74 Å². The van der Waals surface area contributed by atoms with Crippen LogP contribution < -0.4 is 10.1 Å². The molecule has 1 amide bonds. The van der Waals surface area contributed by atoms with Crippen LogP contribution in [0.4, 0.5) is 0 Å². The van der Waals surface area contributed by atoms with Gasteiger partial charge in [-0.25, -0.2) is 0 Å². The summed E-state index contributed by atoms with van der Waals surface area (Å²) >= 11 is 1.23. The zero-order valence-corrected chi connectivity index (χ0v) is 16.2. The van der Waals surface area contributed by atoms with Crippen LogP contribution in [0.5, 0.6) is 10.9 Å². The molecular formula is C21H23N3O2S. The average Bonchev–Trinajstić information content (AvgIpc) is 3.13. The molecular weight excluding hydrogens is 358 g/mol. The van der Waals surface area contributed by atoms with E-state index in [9.17, 15) is 4.79 Å². The summed E-state index contributed by atoms with van der Waals surface area (Å²) in [5, 5.41) is 3.43. The summed E-state index contributed by atoms with van der Waals surface area (Å²) in [5.74, 6) is 1.32. The number of rotatable bonds is 9. The van der Waals surface area contributed by atoms with E-state index in [1.165, 1.54) is 11.5 Å².